The highest BCUT2D eigenvalue weighted by atomic mass is 79.9. The summed E-state index contributed by atoms with van der Waals surface area (Å²) in [4.78, 5) is 2.46. The van der Waals surface area contributed by atoms with Crippen molar-refractivity contribution in [3.05, 3.63) is 33.3 Å². The number of nitrogens with zero attached hydrogens (tertiary/aromatic N) is 1. The van der Waals surface area contributed by atoms with Gasteiger partial charge < -0.3 is 5.73 Å². The summed E-state index contributed by atoms with van der Waals surface area (Å²) < 4.78 is 1.09. The van der Waals surface area contributed by atoms with Gasteiger partial charge in [-0.25, -0.2) is 0 Å². The maximum Gasteiger partial charge on any atom is 0.0417 e. The fourth-order valence-electron chi connectivity index (χ4n) is 2.32. The van der Waals surface area contributed by atoms with E-state index in [1.165, 1.54) is 12.0 Å². The number of likely N-dealkylation sites (tertiary alicyclic amines) is 1. The van der Waals surface area contributed by atoms with E-state index in [1.807, 2.05) is 12.1 Å². The molecule has 0 spiro atoms. The lowest BCUT2D eigenvalue weighted by atomic mass is 9.90. The van der Waals surface area contributed by atoms with E-state index in [4.69, 9.17) is 17.3 Å². The van der Waals surface area contributed by atoms with Crippen LogP contribution in [0.4, 0.5) is 0 Å². The van der Waals surface area contributed by atoms with Crippen molar-refractivity contribution in [2.24, 2.45) is 11.1 Å². The van der Waals surface area contributed by atoms with E-state index in [0.717, 1.165) is 35.7 Å². The van der Waals surface area contributed by atoms with Gasteiger partial charge in [-0.2, -0.15) is 0 Å². The van der Waals surface area contributed by atoms with Gasteiger partial charge in [-0.05, 0) is 42.6 Å². The van der Waals surface area contributed by atoms with Crippen LogP contribution in [0.2, 0.25) is 5.02 Å². The molecule has 94 valence electrons. The van der Waals surface area contributed by atoms with E-state index < -0.39 is 0 Å². The Morgan fingerprint density at radius 3 is 2.88 bits per heavy atom. The molecule has 1 aliphatic heterocycles. The SMILES string of the molecule is CC1(CN)CCN(Cc2ccc(Cl)cc2Br)C1. The zero-order valence-electron chi connectivity index (χ0n) is 10.0. The highest BCUT2D eigenvalue weighted by molar-refractivity contribution is 9.10. The van der Waals surface area contributed by atoms with Gasteiger partial charge in [0.15, 0.2) is 0 Å². The normalized spacial score (nSPS) is 25.4. The van der Waals surface area contributed by atoms with Crippen LogP contribution >= 0.6 is 27.5 Å². The predicted octanol–water partition coefficient (Wildman–Crippen LogP) is 3.27. The zero-order chi connectivity index (χ0) is 12.5. The summed E-state index contributed by atoms with van der Waals surface area (Å²) in [6.07, 6.45) is 1.19. The second kappa shape index (κ2) is 5.27. The van der Waals surface area contributed by atoms with Crippen LogP contribution in [0.15, 0.2) is 22.7 Å². The van der Waals surface area contributed by atoms with E-state index in [-0.39, 0.29) is 0 Å². The van der Waals surface area contributed by atoms with E-state index in [0.29, 0.717) is 5.41 Å². The largest absolute Gasteiger partial charge is 0.330 e. The van der Waals surface area contributed by atoms with Crippen molar-refractivity contribution in [3.8, 4) is 0 Å². The van der Waals surface area contributed by atoms with Gasteiger partial charge in [0.1, 0.15) is 0 Å². The average molecular weight is 318 g/mol. The number of rotatable bonds is 3. The summed E-state index contributed by atoms with van der Waals surface area (Å²) >= 11 is 9.51. The molecule has 0 amide bonds. The Morgan fingerprint density at radius 1 is 1.53 bits per heavy atom. The minimum Gasteiger partial charge on any atom is -0.330 e. The molecule has 4 heteroatoms. The summed E-state index contributed by atoms with van der Waals surface area (Å²) in [7, 11) is 0. The van der Waals surface area contributed by atoms with Crippen molar-refractivity contribution in [2.45, 2.75) is 19.9 Å². The molecule has 17 heavy (non-hydrogen) atoms. The van der Waals surface area contributed by atoms with Gasteiger partial charge in [-0.15, -0.1) is 0 Å². The van der Waals surface area contributed by atoms with Gasteiger partial charge in [0.05, 0.1) is 0 Å². The van der Waals surface area contributed by atoms with Crippen molar-refractivity contribution < 1.29 is 0 Å². The Kier molecular flexibility index (Phi) is 4.14. The van der Waals surface area contributed by atoms with Crippen molar-refractivity contribution in [1.82, 2.24) is 4.90 Å². The number of hydrogen-bond donors (Lipinski definition) is 1. The lowest BCUT2D eigenvalue weighted by Crippen LogP contribution is -2.31. The first-order valence-electron chi connectivity index (χ1n) is 5.89. The summed E-state index contributed by atoms with van der Waals surface area (Å²) in [5, 5.41) is 0.772. The van der Waals surface area contributed by atoms with Crippen LogP contribution in [-0.2, 0) is 6.54 Å². The number of halogens is 2. The number of hydrogen-bond acceptors (Lipinski definition) is 2. The first-order valence-corrected chi connectivity index (χ1v) is 7.06. The molecule has 1 saturated heterocycles. The van der Waals surface area contributed by atoms with Crippen LogP contribution in [0.3, 0.4) is 0 Å². The third kappa shape index (κ3) is 3.22. The van der Waals surface area contributed by atoms with Crippen LogP contribution in [-0.4, -0.2) is 24.5 Å². The van der Waals surface area contributed by atoms with E-state index in [1.54, 1.807) is 0 Å². The second-order valence-electron chi connectivity index (χ2n) is 5.21. The average Bonchev–Trinajstić information content (AvgIpc) is 2.66. The van der Waals surface area contributed by atoms with Crippen molar-refractivity contribution in [3.63, 3.8) is 0 Å². The first kappa shape index (κ1) is 13.3. The molecular weight excluding hydrogens is 300 g/mol. The summed E-state index contributed by atoms with van der Waals surface area (Å²) in [5.74, 6) is 0. The Balaban J connectivity index is 2.03. The van der Waals surface area contributed by atoms with E-state index in [2.05, 4.69) is 33.8 Å². The topological polar surface area (TPSA) is 29.3 Å². The second-order valence-corrected chi connectivity index (χ2v) is 6.50. The van der Waals surface area contributed by atoms with Crippen molar-refractivity contribution in [2.75, 3.05) is 19.6 Å². The van der Waals surface area contributed by atoms with Gasteiger partial charge in [0.25, 0.3) is 0 Å². The highest BCUT2D eigenvalue weighted by Gasteiger charge is 2.32. The highest BCUT2D eigenvalue weighted by Crippen LogP contribution is 2.31. The molecule has 1 unspecified atom stereocenters. The Morgan fingerprint density at radius 2 is 2.29 bits per heavy atom. The monoisotopic (exact) mass is 316 g/mol. The molecule has 1 atom stereocenters. The fraction of sp³-hybridized carbons (Fsp3) is 0.538. The molecule has 0 bridgehead atoms. The summed E-state index contributed by atoms with van der Waals surface area (Å²) in [6.45, 7) is 6.21. The Labute approximate surface area is 116 Å². The molecule has 2 nitrogen and oxygen atoms in total. The van der Waals surface area contributed by atoms with Crippen LogP contribution in [0, 0.1) is 5.41 Å². The molecule has 0 saturated carbocycles. The van der Waals surface area contributed by atoms with Crippen LogP contribution in [0.1, 0.15) is 18.9 Å². The van der Waals surface area contributed by atoms with Crippen LogP contribution in [0.25, 0.3) is 0 Å². The van der Waals surface area contributed by atoms with Gasteiger partial charge in [0.2, 0.25) is 0 Å². The summed E-state index contributed by atoms with van der Waals surface area (Å²) in [6, 6.07) is 5.99. The number of benzene rings is 1. The lowest BCUT2D eigenvalue weighted by molar-refractivity contribution is 0.274. The quantitative estimate of drug-likeness (QED) is 0.927. The first-order chi connectivity index (χ1) is 8.02. The standard InChI is InChI=1S/C13H18BrClN2/c1-13(8-16)4-5-17(9-13)7-10-2-3-11(15)6-12(10)14/h2-3,6H,4-5,7-9,16H2,1H3. The smallest absolute Gasteiger partial charge is 0.0417 e. The third-order valence-corrected chi connectivity index (χ3v) is 4.51. The molecule has 1 fully saturated rings. The predicted molar refractivity (Wildman–Crippen MR) is 76.2 cm³/mol. The van der Waals surface area contributed by atoms with E-state index in [9.17, 15) is 0 Å². The Hall–Kier alpha value is -0.0900. The van der Waals surface area contributed by atoms with E-state index >= 15 is 0 Å². The van der Waals surface area contributed by atoms with Gasteiger partial charge in [0, 0.05) is 22.6 Å². The van der Waals surface area contributed by atoms with Crippen LogP contribution in [0.5, 0.6) is 0 Å². The molecule has 1 heterocycles. The maximum atomic E-state index is 5.94. The molecular formula is C13H18BrClN2. The van der Waals surface area contributed by atoms with Crippen LogP contribution < -0.4 is 5.73 Å². The zero-order valence-corrected chi connectivity index (χ0v) is 12.4. The van der Waals surface area contributed by atoms with Gasteiger partial charge in [-0.3, -0.25) is 4.90 Å². The van der Waals surface area contributed by atoms with Crippen molar-refractivity contribution in [1.29, 1.82) is 0 Å². The molecule has 0 aliphatic carbocycles. The Bertz CT molecular complexity index is 410. The van der Waals surface area contributed by atoms with Crippen molar-refractivity contribution >= 4 is 27.5 Å². The summed E-state index contributed by atoms with van der Waals surface area (Å²) in [5.41, 5.74) is 7.40. The molecule has 1 aromatic rings. The minimum absolute atomic E-state index is 0.291. The fourth-order valence-corrected chi connectivity index (χ4v) is 3.13. The molecule has 0 radical (unpaired) electrons. The number of nitrogens with two attached hydrogens (primary N) is 1. The molecule has 1 aliphatic rings. The minimum atomic E-state index is 0.291. The molecule has 0 aromatic heterocycles. The van der Waals surface area contributed by atoms with Gasteiger partial charge >= 0.3 is 0 Å². The third-order valence-electron chi connectivity index (χ3n) is 3.54. The molecule has 2 N–H and O–H groups in total. The molecule has 1 aromatic carbocycles. The lowest BCUT2D eigenvalue weighted by Gasteiger charge is -2.23. The maximum absolute atomic E-state index is 5.94. The molecule has 2 rings (SSSR count). The van der Waals surface area contributed by atoms with Gasteiger partial charge in [-0.1, -0.05) is 40.5 Å².